The Morgan fingerprint density at radius 2 is 2.00 bits per heavy atom. The van der Waals surface area contributed by atoms with Crippen molar-refractivity contribution in [3.63, 3.8) is 0 Å². The van der Waals surface area contributed by atoms with Gasteiger partial charge >= 0.3 is 12.1 Å². The zero-order valence-electron chi connectivity index (χ0n) is 7.93. The molecule has 1 rings (SSSR count). The van der Waals surface area contributed by atoms with Gasteiger partial charge in [0.05, 0.1) is 12.7 Å². The second kappa shape index (κ2) is 4.21. The van der Waals surface area contributed by atoms with Gasteiger partial charge in [0.25, 0.3) is 0 Å². The summed E-state index contributed by atoms with van der Waals surface area (Å²) in [7, 11) is 0.963. The van der Waals surface area contributed by atoms with Gasteiger partial charge in [0.15, 0.2) is 0 Å². The number of carboxylic acids is 1. The first kappa shape index (κ1) is 12.6. The predicted molar refractivity (Wildman–Crippen MR) is 50.0 cm³/mol. The van der Waals surface area contributed by atoms with E-state index in [1.165, 1.54) is 0 Å². The highest BCUT2D eigenvalue weighted by molar-refractivity contribution is 6.31. The Bertz CT molecular complexity index is 429. The molecule has 0 aliphatic heterocycles. The molecular formula is C9H6ClF3O3. The fourth-order valence-corrected chi connectivity index (χ4v) is 1.40. The molecule has 0 aliphatic rings. The van der Waals surface area contributed by atoms with Crippen molar-refractivity contribution in [3.8, 4) is 5.75 Å². The number of alkyl halides is 3. The van der Waals surface area contributed by atoms with Crippen LogP contribution in [-0.2, 0) is 6.18 Å². The number of aromatic carboxylic acids is 1. The summed E-state index contributed by atoms with van der Waals surface area (Å²) in [6.07, 6.45) is -4.72. The van der Waals surface area contributed by atoms with E-state index >= 15 is 0 Å². The molecule has 0 heterocycles. The summed E-state index contributed by atoms with van der Waals surface area (Å²) in [5.41, 5.74) is -1.83. The highest BCUT2D eigenvalue weighted by Crippen LogP contribution is 2.39. The molecule has 1 aromatic carbocycles. The molecule has 3 nitrogen and oxygen atoms in total. The second-order valence-corrected chi connectivity index (χ2v) is 3.27. The Labute approximate surface area is 93.4 Å². The van der Waals surface area contributed by atoms with Gasteiger partial charge in [-0.05, 0) is 12.1 Å². The quantitative estimate of drug-likeness (QED) is 0.882. The highest BCUT2D eigenvalue weighted by Gasteiger charge is 2.36. The van der Waals surface area contributed by atoms with E-state index in [1.54, 1.807) is 0 Å². The lowest BCUT2D eigenvalue weighted by Crippen LogP contribution is -2.11. The van der Waals surface area contributed by atoms with Gasteiger partial charge in [0.1, 0.15) is 11.3 Å². The lowest BCUT2D eigenvalue weighted by Gasteiger charge is -2.14. The zero-order valence-corrected chi connectivity index (χ0v) is 8.69. The number of hydrogen-bond donors (Lipinski definition) is 1. The van der Waals surface area contributed by atoms with E-state index in [4.69, 9.17) is 16.7 Å². The highest BCUT2D eigenvalue weighted by atomic mass is 35.5. The number of rotatable bonds is 2. The summed E-state index contributed by atoms with van der Waals surface area (Å²) in [5.74, 6) is -2.28. The standard InChI is InChI=1S/C9H6ClF3O3/c1-16-7-5(8(14)15)2-4(10)3-6(7)9(11,12)13/h2-3H,1H3,(H,14,15). The fourth-order valence-electron chi connectivity index (χ4n) is 1.18. The minimum atomic E-state index is -4.72. The predicted octanol–water partition coefficient (Wildman–Crippen LogP) is 3.07. The number of methoxy groups -OCH3 is 1. The van der Waals surface area contributed by atoms with Crippen LogP contribution in [0.2, 0.25) is 5.02 Å². The van der Waals surface area contributed by atoms with Gasteiger partial charge in [-0.15, -0.1) is 0 Å². The molecule has 0 atom stereocenters. The molecule has 1 aromatic rings. The summed E-state index contributed by atoms with van der Waals surface area (Å²) < 4.78 is 42.0. The minimum Gasteiger partial charge on any atom is -0.495 e. The van der Waals surface area contributed by atoms with Gasteiger partial charge in [0.2, 0.25) is 0 Å². The van der Waals surface area contributed by atoms with Crippen LogP contribution < -0.4 is 4.74 Å². The van der Waals surface area contributed by atoms with Gasteiger partial charge < -0.3 is 9.84 Å². The maximum absolute atomic E-state index is 12.5. The third-order valence-corrected chi connectivity index (χ3v) is 2.01. The Morgan fingerprint density at radius 3 is 2.38 bits per heavy atom. The van der Waals surface area contributed by atoms with Crippen LogP contribution in [0.1, 0.15) is 15.9 Å². The van der Waals surface area contributed by atoms with E-state index in [1.807, 2.05) is 0 Å². The van der Waals surface area contributed by atoms with Crippen LogP contribution in [0.25, 0.3) is 0 Å². The Hall–Kier alpha value is -1.43. The fraction of sp³-hybridized carbons (Fsp3) is 0.222. The molecule has 16 heavy (non-hydrogen) atoms. The van der Waals surface area contributed by atoms with Crippen LogP contribution >= 0.6 is 11.6 Å². The Balaban J connectivity index is 3.55. The van der Waals surface area contributed by atoms with Crippen LogP contribution in [0.5, 0.6) is 5.75 Å². The number of carboxylic acid groups (broad SMARTS) is 1. The lowest BCUT2D eigenvalue weighted by atomic mass is 10.1. The van der Waals surface area contributed by atoms with Crippen molar-refractivity contribution in [1.82, 2.24) is 0 Å². The van der Waals surface area contributed by atoms with Crippen molar-refractivity contribution in [3.05, 3.63) is 28.3 Å². The molecule has 0 saturated heterocycles. The molecule has 0 bridgehead atoms. The molecule has 0 fully saturated rings. The van der Waals surface area contributed by atoms with Crippen LogP contribution in [-0.4, -0.2) is 18.2 Å². The average Bonchev–Trinajstić information content (AvgIpc) is 2.14. The first-order valence-electron chi connectivity index (χ1n) is 3.95. The smallest absolute Gasteiger partial charge is 0.420 e. The van der Waals surface area contributed by atoms with Crippen LogP contribution in [0.3, 0.4) is 0 Å². The van der Waals surface area contributed by atoms with Crippen LogP contribution in [0.15, 0.2) is 12.1 Å². The van der Waals surface area contributed by atoms with E-state index in [2.05, 4.69) is 4.74 Å². The van der Waals surface area contributed by atoms with Crippen molar-refractivity contribution in [2.75, 3.05) is 7.11 Å². The lowest BCUT2D eigenvalue weighted by molar-refractivity contribution is -0.138. The molecule has 88 valence electrons. The van der Waals surface area contributed by atoms with Crippen LogP contribution in [0.4, 0.5) is 13.2 Å². The molecule has 0 saturated carbocycles. The van der Waals surface area contributed by atoms with Gasteiger partial charge in [-0.3, -0.25) is 0 Å². The number of benzene rings is 1. The second-order valence-electron chi connectivity index (χ2n) is 2.84. The van der Waals surface area contributed by atoms with Gasteiger partial charge in [-0.2, -0.15) is 13.2 Å². The van der Waals surface area contributed by atoms with Gasteiger partial charge in [0, 0.05) is 5.02 Å². The van der Waals surface area contributed by atoms with Crippen molar-refractivity contribution in [1.29, 1.82) is 0 Å². The molecule has 0 aromatic heterocycles. The molecule has 7 heteroatoms. The first-order valence-corrected chi connectivity index (χ1v) is 4.33. The van der Waals surface area contributed by atoms with E-state index in [0.29, 0.717) is 6.07 Å². The monoisotopic (exact) mass is 254 g/mol. The number of carbonyl (C=O) groups is 1. The van der Waals surface area contributed by atoms with Crippen molar-refractivity contribution < 1.29 is 27.8 Å². The van der Waals surface area contributed by atoms with E-state index in [9.17, 15) is 18.0 Å². The van der Waals surface area contributed by atoms with Crippen molar-refractivity contribution in [2.24, 2.45) is 0 Å². The third-order valence-electron chi connectivity index (χ3n) is 1.79. The SMILES string of the molecule is COc1c(C(=O)O)cc(Cl)cc1C(F)(F)F. The van der Waals surface area contributed by atoms with E-state index < -0.39 is 29.0 Å². The average molecular weight is 255 g/mol. The topological polar surface area (TPSA) is 46.5 Å². The Kier molecular flexibility index (Phi) is 3.32. The summed E-state index contributed by atoms with van der Waals surface area (Å²) >= 11 is 5.41. The number of hydrogen-bond acceptors (Lipinski definition) is 2. The zero-order chi connectivity index (χ0) is 12.5. The molecule has 0 aliphatic carbocycles. The summed E-state index contributed by atoms with van der Waals surface area (Å²) in [4.78, 5) is 10.7. The third kappa shape index (κ3) is 2.38. The van der Waals surface area contributed by atoms with Gasteiger partial charge in [-0.1, -0.05) is 11.6 Å². The Morgan fingerprint density at radius 1 is 1.44 bits per heavy atom. The summed E-state index contributed by atoms with van der Waals surface area (Å²) in [6.45, 7) is 0. The molecule has 0 spiro atoms. The molecule has 0 unspecified atom stereocenters. The summed E-state index contributed by atoms with van der Waals surface area (Å²) in [6, 6.07) is 1.52. The van der Waals surface area contributed by atoms with Crippen molar-refractivity contribution in [2.45, 2.75) is 6.18 Å². The molecule has 1 N–H and O–H groups in total. The number of halogens is 4. The maximum Gasteiger partial charge on any atom is 0.420 e. The van der Waals surface area contributed by atoms with Crippen molar-refractivity contribution >= 4 is 17.6 Å². The minimum absolute atomic E-state index is 0.314. The molecular weight excluding hydrogens is 249 g/mol. The van der Waals surface area contributed by atoms with E-state index in [-0.39, 0.29) is 5.02 Å². The molecule has 0 radical (unpaired) electrons. The van der Waals surface area contributed by atoms with Gasteiger partial charge in [-0.25, -0.2) is 4.79 Å². The maximum atomic E-state index is 12.5. The van der Waals surface area contributed by atoms with Crippen LogP contribution in [0, 0.1) is 0 Å². The number of ether oxygens (including phenoxy) is 1. The molecule has 0 amide bonds. The largest absolute Gasteiger partial charge is 0.495 e. The van der Waals surface area contributed by atoms with E-state index in [0.717, 1.165) is 13.2 Å². The first-order chi connectivity index (χ1) is 7.27. The summed E-state index contributed by atoms with van der Waals surface area (Å²) in [5, 5.41) is 8.39. The normalized spacial score (nSPS) is 11.3.